The summed E-state index contributed by atoms with van der Waals surface area (Å²) in [5, 5.41) is 7.91. The molecule has 0 radical (unpaired) electrons. The average molecular weight is 312 g/mol. The SMILES string of the molecule is CC(C)Cn1ncc(NC2CCCC(C)(C)C2)c(Cl)c1=O. The van der Waals surface area contributed by atoms with Gasteiger partial charge in [0.15, 0.2) is 0 Å². The van der Waals surface area contributed by atoms with E-state index in [1.54, 1.807) is 6.20 Å². The van der Waals surface area contributed by atoms with Crippen LogP contribution in [0.25, 0.3) is 0 Å². The Morgan fingerprint density at radius 3 is 2.86 bits per heavy atom. The minimum Gasteiger partial charge on any atom is -0.380 e. The number of hydrogen-bond acceptors (Lipinski definition) is 3. The topological polar surface area (TPSA) is 46.9 Å². The summed E-state index contributed by atoms with van der Waals surface area (Å²) in [4.78, 5) is 12.2. The number of aromatic nitrogens is 2. The van der Waals surface area contributed by atoms with Gasteiger partial charge in [-0.05, 0) is 30.6 Å². The van der Waals surface area contributed by atoms with Crippen LogP contribution in [0.5, 0.6) is 0 Å². The van der Waals surface area contributed by atoms with Crippen LogP contribution in [-0.4, -0.2) is 15.8 Å². The Balaban J connectivity index is 2.14. The molecule has 1 aromatic heterocycles. The van der Waals surface area contributed by atoms with Gasteiger partial charge < -0.3 is 5.32 Å². The van der Waals surface area contributed by atoms with E-state index in [0.29, 0.717) is 29.6 Å². The molecule has 0 amide bonds. The molecule has 1 aromatic rings. The predicted octanol–water partition coefficient (Wildman–Crippen LogP) is 3.93. The first-order valence-corrected chi connectivity index (χ1v) is 8.18. The van der Waals surface area contributed by atoms with Crippen LogP contribution in [0, 0.1) is 11.3 Å². The van der Waals surface area contributed by atoms with Crippen molar-refractivity contribution in [2.24, 2.45) is 11.3 Å². The predicted molar refractivity (Wildman–Crippen MR) is 88.0 cm³/mol. The lowest BCUT2D eigenvalue weighted by molar-refractivity contribution is 0.229. The van der Waals surface area contributed by atoms with Crippen LogP contribution in [0.3, 0.4) is 0 Å². The molecule has 0 aromatic carbocycles. The molecule has 0 bridgehead atoms. The Hall–Kier alpha value is -1.03. The van der Waals surface area contributed by atoms with E-state index < -0.39 is 0 Å². The molecule has 4 nitrogen and oxygen atoms in total. The van der Waals surface area contributed by atoms with Gasteiger partial charge in [0, 0.05) is 12.6 Å². The van der Waals surface area contributed by atoms with Gasteiger partial charge in [-0.25, -0.2) is 4.68 Å². The van der Waals surface area contributed by atoms with E-state index in [1.807, 2.05) is 0 Å². The first kappa shape index (κ1) is 16.3. The zero-order valence-electron chi connectivity index (χ0n) is 13.4. The fraction of sp³-hybridized carbons (Fsp3) is 0.750. The van der Waals surface area contributed by atoms with Crippen LogP contribution >= 0.6 is 11.6 Å². The standard InChI is InChI=1S/C16H26ClN3O/c1-11(2)10-20-15(21)14(17)13(9-18-20)19-12-6-5-7-16(3,4)8-12/h9,11-12,19H,5-8,10H2,1-4H3. The van der Waals surface area contributed by atoms with Gasteiger partial charge in [-0.15, -0.1) is 0 Å². The third-order valence-corrected chi connectivity index (χ3v) is 4.45. The minimum atomic E-state index is -0.203. The van der Waals surface area contributed by atoms with Gasteiger partial charge in [0.2, 0.25) is 0 Å². The molecule has 1 aliphatic carbocycles. The van der Waals surface area contributed by atoms with Crippen LogP contribution in [0.2, 0.25) is 5.02 Å². The van der Waals surface area contributed by atoms with Crippen LogP contribution in [0.1, 0.15) is 53.4 Å². The Bertz CT molecular complexity index is 551. The summed E-state index contributed by atoms with van der Waals surface area (Å²) >= 11 is 6.24. The third-order valence-electron chi connectivity index (χ3n) is 4.09. The molecule has 118 valence electrons. The van der Waals surface area contributed by atoms with E-state index in [-0.39, 0.29) is 10.6 Å². The molecule has 21 heavy (non-hydrogen) atoms. The second-order valence-electron chi connectivity index (χ2n) is 7.36. The summed E-state index contributed by atoms with van der Waals surface area (Å²) in [5.74, 6) is 0.365. The summed E-state index contributed by atoms with van der Waals surface area (Å²) in [6.07, 6.45) is 6.37. The van der Waals surface area contributed by atoms with Crippen LogP contribution < -0.4 is 10.9 Å². The van der Waals surface area contributed by atoms with Crippen molar-refractivity contribution < 1.29 is 0 Å². The molecule has 1 aliphatic rings. The Kier molecular flexibility index (Phi) is 4.97. The van der Waals surface area contributed by atoms with Crippen molar-refractivity contribution in [1.82, 2.24) is 9.78 Å². The summed E-state index contributed by atoms with van der Waals surface area (Å²) in [5.41, 5.74) is 0.817. The number of nitrogens with one attached hydrogen (secondary N) is 1. The van der Waals surface area contributed by atoms with Gasteiger partial charge in [-0.3, -0.25) is 4.79 Å². The van der Waals surface area contributed by atoms with Gasteiger partial charge >= 0.3 is 0 Å². The third kappa shape index (κ3) is 4.22. The lowest BCUT2D eigenvalue weighted by Crippen LogP contribution is -2.33. The van der Waals surface area contributed by atoms with E-state index in [2.05, 4.69) is 38.1 Å². The average Bonchev–Trinajstić information content (AvgIpc) is 2.37. The molecule has 0 saturated heterocycles. The first-order chi connectivity index (χ1) is 9.78. The van der Waals surface area contributed by atoms with E-state index in [4.69, 9.17) is 11.6 Å². The second-order valence-corrected chi connectivity index (χ2v) is 7.73. The molecule has 0 spiro atoms. The molecule has 5 heteroatoms. The largest absolute Gasteiger partial charge is 0.380 e. The summed E-state index contributed by atoms with van der Waals surface area (Å²) < 4.78 is 1.45. The highest BCUT2D eigenvalue weighted by molar-refractivity contribution is 6.32. The second kappa shape index (κ2) is 6.39. The van der Waals surface area contributed by atoms with E-state index in [1.165, 1.54) is 17.5 Å². The number of halogens is 1. The van der Waals surface area contributed by atoms with Crippen molar-refractivity contribution in [3.63, 3.8) is 0 Å². The molecule has 0 aliphatic heterocycles. The highest BCUT2D eigenvalue weighted by atomic mass is 35.5. The molecule has 2 rings (SSSR count). The van der Waals surface area contributed by atoms with Crippen LogP contribution in [0.4, 0.5) is 5.69 Å². The van der Waals surface area contributed by atoms with Gasteiger partial charge in [-0.2, -0.15) is 5.10 Å². The summed E-state index contributed by atoms with van der Waals surface area (Å²) in [6, 6.07) is 0.369. The van der Waals surface area contributed by atoms with Crippen LogP contribution in [-0.2, 0) is 6.54 Å². The lowest BCUT2D eigenvalue weighted by atomic mass is 9.75. The summed E-state index contributed by atoms with van der Waals surface area (Å²) in [7, 11) is 0. The Morgan fingerprint density at radius 1 is 1.52 bits per heavy atom. The molecular weight excluding hydrogens is 286 g/mol. The fourth-order valence-electron chi connectivity index (χ4n) is 3.08. The van der Waals surface area contributed by atoms with Crippen molar-refractivity contribution in [1.29, 1.82) is 0 Å². The maximum absolute atomic E-state index is 12.2. The lowest BCUT2D eigenvalue weighted by Gasteiger charge is -2.36. The zero-order valence-corrected chi connectivity index (χ0v) is 14.2. The normalized spacial score (nSPS) is 21.5. The van der Waals surface area contributed by atoms with Crippen LogP contribution in [0.15, 0.2) is 11.0 Å². The Labute approximate surface area is 131 Å². The van der Waals surface area contributed by atoms with Crippen molar-refractivity contribution >= 4 is 17.3 Å². The van der Waals surface area contributed by atoms with Gasteiger partial charge in [0.25, 0.3) is 5.56 Å². The highest BCUT2D eigenvalue weighted by Crippen LogP contribution is 2.36. The molecule has 1 heterocycles. The Morgan fingerprint density at radius 2 is 2.24 bits per heavy atom. The quantitative estimate of drug-likeness (QED) is 0.916. The summed E-state index contributed by atoms with van der Waals surface area (Å²) in [6.45, 7) is 9.29. The van der Waals surface area contributed by atoms with Crippen molar-refractivity contribution in [2.75, 3.05) is 5.32 Å². The maximum atomic E-state index is 12.2. The zero-order chi connectivity index (χ0) is 15.6. The molecule has 1 saturated carbocycles. The molecule has 1 unspecified atom stereocenters. The number of anilines is 1. The van der Waals surface area contributed by atoms with Crippen molar-refractivity contribution in [3.05, 3.63) is 21.6 Å². The first-order valence-electron chi connectivity index (χ1n) is 7.81. The van der Waals surface area contributed by atoms with E-state index in [0.717, 1.165) is 12.8 Å². The van der Waals surface area contributed by atoms with Gasteiger partial charge in [0.1, 0.15) is 5.02 Å². The highest BCUT2D eigenvalue weighted by Gasteiger charge is 2.28. The minimum absolute atomic E-state index is 0.203. The van der Waals surface area contributed by atoms with E-state index in [9.17, 15) is 4.79 Å². The van der Waals surface area contributed by atoms with Gasteiger partial charge in [-0.1, -0.05) is 45.7 Å². The monoisotopic (exact) mass is 311 g/mol. The molecule has 1 N–H and O–H groups in total. The van der Waals surface area contributed by atoms with Crippen molar-refractivity contribution in [3.8, 4) is 0 Å². The number of rotatable bonds is 4. The van der Waals surface area contributed by atoms with Gasteiger partial charge in [0.05, 0.1) is 11.9 Å². The number of hydrogen-bond donors (Lipinski definition) is 1. The maximum Gasteiger partial charge on any atom is 0.287 e. The fourth-order valence-corrected chi connectivity index (χ4v) is 3.28. The molecule has 1 fully saturated rings. The molecular formula is C16H26ClN3O. The molecule has 1 atom stereocenters. The number of nitrogens with zero attached hydrogens (tertiary/aromatic N) is 2. The van der Waals surface area contributed by atoms with E-state index >= 15 is 0 Å². The smallest absolute Gasteiger partial charge is 0.287 e. The van der Waals surface area contributed by atoms with Crippen molar-refractivity contribution in [2.45, 2.75) is 66.0 Å².